The smallest absolute Gasteiger partial charge is 0.375 e. The van der Waals surface area contributed by atoms with Gasteiger partial charge in [0.25, 0.3) is 0 Å². The number of rotatable bonds is 1. The molecule has 0 N–H and O–H groups in total. The van der Waals surface area contributed by atoms with E-state index in [2.05, 4.69) is 0 Å². The summed E-state index contributed by atoms with van der Waals surface area (Å²) in [6, 6.07) is 4.15. The number of halogens is 2. The van der Waals surface area contributed by atoms with Crippen LogP contribution in [0.5, 0.6) is 0 Å². The third kappa shape index (κ3) is 1.59. The van der Waals surface area contributed by atoms with E-state index >= 15 is 0 Å². The molecule has 0 unspecified atom stereocenters. The molecule has 1 aromatic rings. The van der Waals surface area contributed by atoms with Crippen LogP contribution < -0.4 is 0 Å². The maximum Gasteiger partial charge on any atom is 0.375 e. The topological polar surface area (TPSA) is 43.4 Å². The van der Waals surface area contributed by atoms with E-state index in [0.29, 0.717) is 0 Å². The Morgan fingerprint density at radius 1 is 1.38 bits per heavy atom. The Morgan fingerprint density at radius 2 is 2.06 bits per heavy atom. The highest BCUT2D eigenvalue weighted by Gasteiger charge is 2.43. The molecule has 1 aromatic carbocycles. The van der Waals surface area contributed by atoms with Gasteiger partial charge in [-0.05, 0) is 12.1 Å². The number of hydrogen-bond acceptors (Lipinski definition) is 3. The van der Waals surface area contributed by atoms with Crippen LogP contribution in [0.15, 0.2) is 18.2 Å². The summed E-state index contributed by atoms with van der Waals surface area (Å²) in [6.45, 7) is 1.51. The van der Waals surface area contributed by atoms with Crippen LogP contribution in [-0.4, -0.2) is 11.8 Å². The number of Topliss-reactive ketones (excluding diaryl/α,β-unsaturated/α-hetero) is 1. The minimum Gasteiger partial charge on any atom is -0.451 e. The average Bonchev–Trinajstić information content (AvgIpc) is 2.47. The Kier molecular flexibility index (Phi) is 2.68. The van der Waals surface area contributed by atoms with E-state index in [0.717, 1.165) is 0 Å². The molecule has 1 saturated heterocycles. The largest absolute Gasteiger partial charge is 0.451 e. The highest BCUT2D eigenvalue weighted by atomic mass is 35.5. The molecule has 0 amide bonds. The normalized spacial score (nSPS) is 24.7. The van der Waals surface area contributed by atoms with Crippen LogP contribution in [0, 0.1) is 11.7 Å². The third-order valence-corrected chi connectivity index (χ3v) is 2.92. The van der Waals surface area contributed by atoms with Gasteiger partial charge < -0.3 is 4.74 Å². The molecule has 1 heterocycles. The molecule has 0 radical (unpaired) electrons. The maximum atomic E-state index is 13.5. The number of benzene rings is 1. The van der Waals surface area contributed by atoms with Gasteiger partial charge in [-0.1, -0.05) is 24.6 Å². The zero-order valence-corrected chi connectivity index (χ0v) is 9.12. The van der Waals surface area contributed by atoms with Gasteiger partial charge >= 0.3 is 5.97 Å². The van der Waals surface area contributed by atoms with Gasteiger partial charge in [0.05, 0.1) is 10.9 Å². The highest BCUT2D eigenvalue weighted by molar-refractivity contribution is 6.36. The molecule has 1 fully saturated rings. The first kappa shape index (κ1) is 11.1. The predicted octanol–water partition coefficient (Wildman–Crippen LogP) is 2.28. The lowest BCUT2D eigenvalue weighted by Crippen LogP contribution is -2.13. The highest BCUT2D eigenvalue weighted by Crippen LogP contribution is 2.37. The van der Waals surface area contributed by atoms with Crippen molar-refractivity contribution >= 4 is 23.4 Å². The molecule has 0 bridgehead atoms. The van der Waals surface area contributed by atoms with Crippen LogP contribution in [0.1, 0.15) is 18.6 Å². The summed E-state index contributed by atoms with van der Waals surface area (Å²) < 4.78 is 18.4. The van der Waals surface area contributed by atoms with Gasteiger partial charge in [-0.15, -0.1) is 0 Å². The quantitative estimate of drug-likeness (QED) is 0.561. The second-order valence-electron chi connectivity index (χ2n) is 3.61. The zero-order valence-electron chi connectivity index (χ0n) is 8.37. The minimum atomic E-state index is -0.934. The van der Waals surface area contributed by atoms with E-state index in [1.54, 1.807) is 0 Å². The van der Waals surface area contributed by atoms with Crippen molar-refractivity contribution in [1.82, 2.24) is 0 Å². The van der Waals surface area contributed by atoms with Gasteiger partial charge in [-0.3, -0.25) is 4.79 Å². The second kappa shape index (κ2) is 3.87. The summed E-state index contributed by atoms with van der Waals surface area (Å²) in [4.78, 5) is 22.3. The van der Waals surface area contributed by atoms with E-state index in [4.69, 9.17) is 16.3 Å². The first-order valence-corrected chi connectivity index (χ1v) is 5.09. The lowest BCUT2D eigenvalue weighted by molar-refractivity contribution is -0.149. The van der Waals surface area contributed by atoms with Crippen molar-refractivity contribution in [2.45, 2.75) is 13.0 Å². The summed E-state index contributed by atoms with van der Waals surface area (Å²) in [5.41, 5.74) is 0.0656. The van der Waals surface area contributed by atoms with Crippen molar-refractivity contribution < 1.29 is 18.7 Å². The molecule has 5 heteroatoms. The summed E-state index contributed by atoms with van der Waals surface area (Å²) in [5, 5.41) is 0.152. The summed E-state index contributed by atoms with van der Waals surface area (Å²) in [7, 11) is 0. The lowest BCUT2D eigenvalue weighted by atomic mass is 9.96. The lowest BCUT2D eigenvalue weighted by Gasteiger charge is -2.15. The van der Waals surface area contributed by atoms with E-state index < -0.39 is 29.6 Å². The van der Waals surface area contributed by atoms with Gasteiger partial charge in [0.1, 0.15) is 11.9 Å². The summed E-state index contributed by atoms with van der Waals surface area (Å²) in [5.74, 6) is -2.87. The van der Waals surface area contributed by atoms with Gasteiger partial charge in [0, 0.05) is 5.56 Å². The molecule has 0 spiro atoms. The number of carbonyl (C=O) groups is 2. The molecule has 2 atom stereocenters. The van der Waals surface area contributed by atoms with Crippen molar-refractivity contribution in [1.29, 1.82) is 0 Å². The third-order valence-electron chi connectivity index (χ3n) is 2.59. The van der Waals surface area contributed by atoms with Gasteiger partial charge in [0.2, 0.25) is 5.78 Å². The molecule has 84 valence electrons. The van der Waals surface area contributed by atoms with Crippen LogP contribution in [0.2, 0.25) is 5.02 Å². The minimum absolute atomic E-state index is 0.0656. The Bertz CT molecular complexity index is 452. The molecule has 16 heavy (non-hydrogen) atoms. The fourth-order valence-corrected chi connectivity index (χ4v) is 1.96. The van der Waals surface area contributed by atoms with Crippen LogP contribution in [0.25, 0.3) is 0 Å². The van der Waals surface area contributed by atoms with Gasteiger partial charge in [-0.2, -0.15) is 0 Å². The summed E-state index contributed by atoms with van der Waals surface area (Å²) >= 11 is 5.83. The first-order valence-electron chi connectivity index (χ1n) is 4.71. The fourth-order valence-electron chi connectivity index (χ4n) is 1.69. The molecule has 3 nitrogen and oxygen atoms in total. The first-order chi connectivity index (χ1) is 7.52. The molecule has 0 aliphatic carbocycles. The standard InChI is InChI=1S/C11H8ClFO3/c1-5-9(14)11(15)16-10(5)8-6(12)3-2-4-7(8)13/h2-5,10H,1H3/t5-,10-/m1/s1. The van der Waals surface area contributed by atoms with Crippen molar-refractivity contribution in [2.75, 3.05) is 0 Å². The van der Waals surface area contributed by atoms with Crippen LogP contribution >= 0.6 is 11.6 Å². The Morgan fingerprint density at radius 3 is 2.56 bits per heavy atom. The number of esters is 1. The number of ether oxygens (including phenoxy) is 1. The zero-order chi connectivity index (χ0) is 11.9. The molecular weight excluding hydrogens is 235 g/mol. The van der Waals surface area contributed by atoms with Crippen LogP contribution in [-0.2, 0) is 14.3 Å². The van der Waals surface area contributed by atoms with Crippen LogP contribution in [0.4, 0.5) is 4.39 Å². The second-order valence-corrected chi connectivity index (χ2v) is 4.02. The summed E-state index contributed by atoms with van der Waals surface area (Å²) in [6.07, 6.45) is -0.923. The van der Waals surface area contributed by atoms with E-state index in [1.807, 2.05) is 0 Å². The van der Waals surface area contributed by atoms with Crippen molar-refractivity contribution in [3.63, 3.8) is 0 Å². The maximum absolute atomic E-state index is 13.5. The number of cyclic esters (lactones) is 1. The van der Waals surface area contributed by atoms with Crippen molar-refractivity contribution in [2.24, 2.45) is 5.92 Å². The average molecular weight is 243 g/mol. The molecule has 2 rings (SSSR count). The SMILES string of the molecule is C[C@@H]1C(=O)C(=O)O[C@H]1c1c(F)cccc1Cl. The van der Waals surface area contributed by atoms with Gasteiger partial charge in [0.15, 0.2) is 0 Å². The Labute approximate surface area is 96.2 Å². The molecule has 0 saturated carbocycles. The predicted molar refractivity (Wildman–Crippen MR) is 54.4 cm³/mol. The van der Waals surface area contributed by atoms with Crippen LogP contribution in [0.3, 0.4) is 0 Å². The van der Waals surface area contributed by atoms with Crippen molar-refractivity contribution in [3.8, 4) is 0 Å². The van der Waals surface area contributed by atoms with E-state index in [-0.39, 0.29) is 10.6 Å². The van der Waals surface area contributed by atoms with Gasteiger partial charge in [-0.25, -0.2) is 9.18 Å². The molecule has 1 aliphatic heterocycles. The molecular formula is C11H8ClFO3. The Hall–Kier alpha value is -1.42. The number of hydrogen-bond donors (Lipinski definition) is 0. The fraction of sp³-hybridized carbons (Fsp3) is 0.273. The number of carbonyl (C=O) groups excluding carboxylic acids is 2. The molecule has 1 aliphatic rings. The number of ketones is 1. The van der Waals surface area contributed by atoms with E-state index in [1.165, 1.54) is 25.1 Å². The van der Waals surface area contributed by atoms with E-state index in [9.17, 15) is 14.0 Å². The monoisotopic (exact) mass is 242 g/mol. The van der Waals surface area contributed by atoms with Crippen molar-refractivity contribution in [3.05, 3.63) is 34.6 Å². The Balaban J connectivity index is 2.46. The molecule has 0 aromatic heterocycles.